The third-order valence-corrected chi connectivity index (χ3v) is 5.10. The zero-order valence-electron chi connectivity index (χ0n) is 15.9. The number of pyridine rings is 1. The quantitative estimate of drug-likeness (QED) is 0.806. The fourth-order valence-corrected chi connectivity index (χ4v) is 3.89. The average molecular weight is 408 g/mol. The number of hydrogen-bond donors (Lipinski definition) is 2. The maximum absolute atomic E-state index is 13.1. The molecule has 0 saturated carbocycles. The van der Waals surface area contributed by atoms with E-state index in [1.54, 1.807) is 25.3 Å². The molecule has 150 valence electrons. The lowest BCUT2D eigenvalue weighted by atomic mass is 9.86. The summed E-state index contributed by atoms with van der Waals surface area (Å²) in [6, 6.07) is 1.82. The maximum Gasteiger partial charge on any atom is 0.410 e. The van der Waals surface area contributed by atoms with Crippen molar-refractivity contribution in [2.45, 2.75) is 25.4 Å². The highest BCUT2D eigenvalue weighted by atomic mass is 35.5. The molecule has 0 bridgehead atoms. The predicted octanol–water partition coefficient (Wildman–Crippen LogP) is 2.64. The highest BCUT2D eigenvalue weighted by Crippen LogP contribution is 2.36. The maximum atomic E-state index is 13.1. The summed E-state index contributed by atoms with van der Waals surface area (Å²) >= 11 is 6.03. The van der Waals surface area contributed by atoms with Gasteiger partial charge in [0.15, 0.2) is 5.82 Å². The fraction of sp³-hybridized carbons (Fsp3) is 0.444. The second-order valence-electron chi connectivity index (χ2n) is 6.84. The molecular weight excluding hydrogens is 386 g/mol. The van der Waals surface area contributed by atoms with Gasteiger partial charge in [-0.05, 0) is 31.4 Å². The summed E-state index contributed by atoms with van der Waals surface area (Å²) < 4.78 is 7.27. The van der Waals surface area contributed by atoms with Gasteiger partial charge in [0.05, 0.1) is 17.3 Å². The second-order valence-corrected chi connectivity index (χ2v) is 7.28. The summed E-state index contributed by atoms with van der Waals surface area (Å²) in [5.41, 5.74) is 1.06. The van der Waals surface area contributed by atoms with Gasteiger partial charge in [-0.25, -0.2) is 4.79 Å². The number of hydrogen-bond acceptors (Lipinski definition) is 5. The smallest absolute Gasteiger partial charge is 0.410 e. The zero-order chi connectivity index (χ0) is 20.5. The summed E-state index contributed by atoms with van der Waals surface area (Å²) in [5.74, 6) is -0.306. The van der Waals surface area contributed by atoms with Crippen LogP contribution in [-0.4, -0.2) is 57.0 Å². The van der Waals surface area contributed by atoms with Crippen molar-refractivity contribution in [3.8, 4) is 0 Å². The third kappa shape index (κ3) is 3.81. The Morgan fingerprint density at radius 3 is 2.82 bits per heavy atom. The molecule has 0 aliphatic carbocycles. The first-order chi connectivity index (χ1) is 13.3. The highest BCUT2D eigenvalue weighted by Gasteiger charge is 2.41. The Kier molecular flexibility index (Phi) is 5.57. The van der Waals surface area contributed by atoms with Gasteiger partial charge in [-0.2, -0.15) is 5.10 Å². The first kappa shape index (κ1) is 20.1. The van der Waals surface area contributed by atoms with Gasteiger partial charge in [0.1, 0.15) is 11.2 Å². The highest BCUT2D eigenvalue weighted by molar-refractivity contribution is 6.30. The Morgan fingerprint density at radius 2 is 2.18 bits per heavy atom. The van der Waals surface area contributed by atoms with Crippen molar-refractivity contribution in [1.82, 2.24) is 19.7 Å². The third-order valence-electron chi connectivity index (χ3n) is 4.89. The number of carbonyl (C=O) groups is 2. The number of rotatable bonds is 4. The van der Waals surface area contributed by atoms with E-state index >= 15 is 0 Å². The SMILES string of the molecule is COC1(c2ncc(Cl)cc2C)CCCN(C(=O)c2cn(C)nc2NC(=O)O)C1. The van der Waals surface area contributed by atoms with Gasteiger partial charge in [-0.15, -0.1) is 0 Å². The molecule has 3 rings (SSSR count). The number of carbonyl (C=O) groups excluding carboxylic acids is 1. The van der Waals surface area contributed by atoms with Crippen LogP contribution in [0.25, 0.3) is 0 Å². The number of halogens is 1. The molecule has 1 saturated heterocycles. The number of ether oxygens (including phenoxy) is 1. The van der Waals surface area contributed by atoms with Crippen LogP contribution < -0.4 is 5.32 Å². The summed E-state index contributed by atoms with van der Waals surface area (Å²) in [6.07, 6.45) is 3.21. The minimum Gasteiger partial charge on any atom is -0.465 e. The summed E-state index contributed by atoms with van der Waals surface area (Å²) in [7, 11) is 3.23. The van der Waals surface area contributed by atoms with E-state index in [4.69, 9.17) is 21.4 Å². The van der Waals surface area contributed by atoms with Crippen molar-refractivity contribution in [2.24, 2.45) is 7.05 Å². The largest absolute Gasteiger partial charge is 0.465 e. The first-order valence-corrected chi connectivity index (χ1v) is 9.14. The van der Waals surface area contributed by atoms with Crippen molar-refractivity contribution in [2.75, 3.05) is 25.5 Å². The number of amides is 2. The number of methoxy groups -OCH3 is 1. The monoisotopic (exact) mass is 407 g/mol. The van der Waals surface area contributed by atoms with E-state index in [0.29, 0.717) is 31.0 Å². The van der Waals surface area contributed by atoms with Crippen LogP contribution >= 0.6 is 11.6 Å². The molecule has 9 nitrogen and oxygen atoms in total. The van der Waals surface area contributed by atoms with Crippen LogP contribution in [0.15, 0.2) is 18.5 Å². The Balaban J connectivity index is 1.92. The average Bonchev–Trinajstić information content (AvgIpc) is 3.00. The fourth-order valence-electron chi connectivity index (χ4n) is 3.68. The van der Waals surface area contributed by atoms with Crippen molar-refractivity contribution in [1.29, 1.82) is 0 Å². The van der Waals surface area contributed by atoms with E-state index in [-0.39, 0.29) is 17.3 Å². The Labute approximate surface area is 167 Å². The molecule has 1 aliphatic heterocycles. The van der Waals surface area contributed by atoms with Crippen LogP contribution in [0.1, 0.15) is 34.5 Å². The normalized spacial score (nSPS) is 19.5. The number of nitrogens with zero attached hydrogens (tertiary/aromatic N) is 4. The molecule has 0 spiro atoms. The summed E-state index contributed by atoms with van der Waals surface area (Å²) in [5, 5.41) is 15.7. The number of aryl methyl sites for hydroxylation is 2. The van der Waals surface area contributed by atoms with Gasteiger partial charge in [0.2, 0.25) is 0 Å². The second kappa shape index (κ2) is 7.76. The molecule has 1 aliphatic rings. The molecule has 2 aromatic heterocycles. The number of aromatic nitrogens is 3. The molecule has 0 aromatic carbocycles. The number of anilines is 1. The minimum absolute atomic E-state index is 0.00869. The van der Waals surface area contributed by atoms with Crippen molar-refractivity contribution in [3.05, 3.63) is 40.3 Å². The number of piperidine rings is 1. The van der Waals surface area contributed by atoms with Crippen LogP contribution in [0.5, 0.6) is 0 Å². The lowest BCUT2D eigenvalue weighted by Gasteiger charge is -2.42. The van der Waals surface area contributed by atoms with Gasteiger partial charge >= 0.3 is 6.09 Å². The zero-order valence-corrected chi connectivity index (χ0v) is 16.7. The van der Waals surface area contributed by atoms with Crippen LogP contribution in [0, 0.1) is 6.92 Å². The lowest BCUT2D eigenvalue weighted by molar-refractivity contribution is -0.0660. The molecule has 1 unspecified atom stereocenters. The molecule has 2 aromatic rings. The van der Waals surface area contributed by atoms with Crippen LogP contribution in [0.2, 0.25) is 5.02 Å². The molecule has 10 heteroatoms. The predicted molar refractivity (Wildman–Crippen MR) is 103 cm³/mol. The van der Waals surface area contributed by atoms with Gasteiger partial charge in [-0.1, -0.05) is 11.6 Å². The van der Waals surface area contributed by atoms with Gasteiger partial charge in [-0.3, -0.25) is 19.8 Å². The first-order valence-electron chi connectivity index (χ1n) is 8.76. The van der Waals surface area contributed by atoms with Gasteiger partial charge < -0.3 is 14.7 Å². The molecule has 1 fully saturated rings. The van der Waals surface area contributed by atoms with E-state index < -0.39 is 11.7 Å². The van der Waals surface area contributed by atoms with Gasteiger partial charge in [0.25, 0.3) is 5.91 Å². The van der Waals surface area contributed by atoms with E-state index in [1.165, 1.54) is 10.9 Å². The van der Waals surface area contributed by atoms with Crippen LogP contribution in [0.3, 0.4) is 0 Å². The molecule has 3 heterocycles. The number of nitrogens with one attached hydrogen (secondary N) is 1. The standard InChI is InChI=1S/C18H22ClN5O4/c1-11-7-12(19)8-20-14(11)18(28-3)5-4-6-24(10-18)16(25)13-9-23(2)22-15(13)21-17(26)27/h7-9H,4-6,10H2,1-3H3,(H,21,22)(H,26,27). The summed E-state index contributed by atoms with van der Waals surface area (Å²) in [4.78, 5) is 30.3. The Hall–Kier alpha value is -2.65. The summed E-state index contributed by atoms with van der Waals surface area (Å²) in [6.45, 7) is 2.73. The van der Waals surface area contributed by atoms with Crippen molar-refractivity contribution < 1.29 is 19.4 Å². The molecular formula is C18H22ClN5O4. The van der Waals surface area contributed by atoms with Crippen molar-refractivity contribution >= 4 is 29.4 Å². The Bertz CT molecular complexity index is 915. The molecule has 28 heavy (non-hydrogen) atoms. The number of likely N-dealkylation sites (tertiary alicyclic amines) is 1. The van der Waals surface area contributed by atoms with E-state index in [9.17, 15) is 9.59 Å². The topological polar surface area (TPSA) is 110 Å². The lowest BCUT2D eigenvalue weighted by Crippen LogP contribution is -2.50. The number of carboxylic acid groups (broad SMARTS) is 1. The van der Waals surface area contributed by atoms with Crippen LogP contribution in [-0.2, 0) is 17.4 Å². The molecule has 0 radical (unpaired) electrons. The van der Waals surface area contributed by atoms with E-state index in [0.717, 1.165) is 11.3 Å². The van der Waals surface area contributed by atoms with E-state index in [2.05, 4.69) is 15.4 Å². The van der Waals surface area contributed by atoms with Crippen molar-refractivity contribution in [3.63, 3.8) is 0 Å². The van der Waals surface area contributed by atoms with E-state index in [1.807, 2.05) is 13.0 Å². The molecule has 2 N–H and O–H groups in total. The Morgan fingerprint density at radius 1 is 1.43 bits per heavy atom. The molecule has 2 amide bonds. The van der Waals surface area contributed by atoms with Crippen LogP contribution in [0.4, 0.5) is 10.6 Å². The molecule has 1 atom stereocenters. The minimum atomic E-state index is -1.28. The van der Waals surface area contributed by atoms with Gasteiger partial charge in [0, 0.05) is 33.1 Å².